The highest BCUT2D eigenvalue weighted by Gasteiger charge is 2.14. The van der Waals surface area contributed by atoms with Crippen LogP contribution in [-0.2, 0) is 4.79 Å². The van der Waals surface area contributed by atoms with Gasteiger partial charge < -0.3 is 9.47 Å². The number of ether oxygens (including phenoxy) is 2. The van der Waals surface area contributed by atoms with Crippen LogP contribution < -0.4 is 25.6 Å². The Morgan fingerprint density at radius 2 is 1.62 bits per heavy atom. The number of nitrogens with one attached hydrogen (secondary N) is 3. The van der Waals surface area contributed by atoms with Crippen molar-refractivity contribution < 1.29 is 19.1 Å². The quantitative estimate of drug-likeness (QED) is 0.283. The number of carbonyl (C=O) groups is 2. The largest absolute Gasteiger partial charge is 0.493 e. The normalized spacial score (nSPS) is 10.4. The summed E-state index contributed by atoms with van der Waals surface area (Å²) in [4.78, 5) is 24.7. The molecule has 0 spiro atoms. The van der Waals surface area contributed by atoms with Crippen LogP contribution in [-0.4, -0.2) is 30.1 Å². The predicted molar refractivity (Wildman–Crippen MR) is 129 cm³/mol. The van der Waals surface area contributed by atoms with Crippen LogP contribution in [0, 0.1) is 0 Å². The lowest BCUT2D eigenvalue weighted by Gasteiger charge is -2.15. The molecule has 0 aromatic heterocycles. The average molecular weight is 458 g/mol. The number of hydrogen-bond acceptors (Lipinski definition) is 5. The monoisotopic (exact) mass is 457 g/mol. The Balaban J connectivity index is 1.80. The Morgan fingerprint density at radius 3 is 2.34 bits per heavy atom. The van der Waals surface area contributed by atoms with Crippen LogP contribution in [0.1, 0.15) is 61.9 Å². The molecule has 0 aliphatic carbocycles. The maximum atomic E-state index is 12.6. The molecule has 0 unspecified atom stereocenters. The van der Waals surface area contributed by atoms with Crippen molar-refractivity contribution in [2.24, 2.45) is 0 Å². The zero-order chi connectivity index (χ0) is 23.3. The summed E-state index contributed by atoms with van der Waals surface area (Å²) in [5.74, 6) is 0.563. The fraction of sp³-hybridized carbons (Fsp3) is 0.375. The molecular formula is C24H31N3O4S. The van der Waals surface area contributed by atoms with Crippen molar-refractivity contribution in [2.75, 3.05) is 13.2 Å². The van der Waals surface area contributed by atoms with E-state index in [1.165, 1.54) is 0 Å². The SMILES string of the molecule is CCCCCOc1ccccc1C(=O)NC(=S)NNC(=O)COc1ccccc1C(C)C. The Labute approximate surface area is 194 Å². The molecular weight excluding hydrogens is 426 g/mol. The fourth-order valence-corrected chi connectivity index (χ4v) is 3.05. The first-order valence-electron chi connectivity index (χ1n) is 10.8. The molecule has 3 N–H and O–H groups in total. The third-order valence-electron chi connectivity index (χ3n) is 4.58. The van der Waals surface area contributed by atoms with Gasteiger partial charge in [0.25, 0.3) is 11.8 Å². The summed E-state index contributed by atoms with van der Waals surface area (Å²) in [6.07, 6.45) is 3.07. The van der Waals surface area contributed by atoms with Crippen LogP contribution in [0.3, 0.4) is 0 Å². The molecule has 2 aromatic carbocycles. The summed E-state index contributed by atoms with van der Waals surface area (Å²) in [6, 6.07) is 14.5. The van der Waals surface area contributed by atoms with Crippen molar-refractivity contribution in [3.63, 3.8) is 0 Å². The Bertz CT molecular complexity index is 918. The number of unbranched alkanes of at least 4 members (excludes halogenated alkanes) is 2. The molecule has 2 rings (SSSR count). The number of rotatable bonds is 10. The summed E-state index contributed by atoms with van der Waals surface area (Å²) in [6.45, 7) is 6.57. The average Bonchev–Trinajstić information content (AvgIpc) is 2.79. The van der Waals surface area contributed by atoms with Gasteiger partial charge in [0.15, 0.2) is 11.7 Å². The van der Waals surface area contributed by atoms with E-state index < -0.39 is 11.8 Å². The van der Waals surface area contributed by atoms with Gasteiger partial charge in [-0.15, -0.1) is 0 Å². The van der Waals surface area contributed by atoms with Gasteiger partial charge in [-0.25, -0.2) is 0 Å². The third-order valence-corrected chi connectivity index (χ3v) is 4.78. The van der Waals surface area contributed by atoms with E-state index in [0.717, 1.165) is 24.8 Å². The highest BCUT2D eigenvalue weighted by atomic mass is 32.1. The Hall–Kier alpha value is -3.13. The standard InChI is InChI=1S/C24H31N3O4S/c1-4-5-10-15-30-21-14-9-7-12-19(21)23(29)25-24(32)27-26-22(28)16-31-20-13-8-6-11-18(20)17(2)3/h6-9,11-14,17H,4-5,10,15-16H2,1-3H3,(H,26,28)(H2,25,27,29,32). The van der Waals surface area contributed by atoms with Crippen LogP contribution in [0.15, 0.2) is 48.5 Å². The molecule has 0 saturated carbocycles. The van der Waals surface area contributed by atoms with E-state index in [0.29, 0.717) is 23.7 Å². The number of para-hydroxylation sites is 2. The predicted octanol–water partition coefficient (Wildman–Crippen LogP) is 4.09. The summed E-state index contributed by atoms with van der Waals surface area (Å²) in [5, 5.41) is 2.50. The molecule has 2 aromatic rings. The van der Waals surface area contributed by atoms with E-state index in [4.69, 9.17) is 21.7 Å². The maximum absolute atomic E-state index is 12.6. The first-order chi connectivity index (χ1) is 15.4. The second kappa shape index (κ2) is 13.3. The summed E-state index contributed by atoms with van der Waals surface area (Å²) < 4.78 is 11.3. The van der Waals surface area contributed by atoms with Crippen LogP contribution >= 0.6 is 12.2 Å². The van der Waals surface area contributed by atoms with Crippen LogP contribution in [0.5, 0.6) is 11.5 Å². The molecule has 0 aliphatic rings. The number of carbonyl (C=O) groups excluding carboxylic acids is 2. The van der Waals surface area contributed by atoms with Gasteiger partial charge in [0.05, 0.1) is 12.2 Å². The second-order valence-electron chi connectivity index (χ2n) is 7.49. The van der Waals surface area contributed by atoms with Gasteiger partial charge in [-0.05, 0) is 48.3 Å². The fourth-order valence-electron chi connectivity index (χ4n) is 2.91. The molecule has 0 radical (unpaired) electrons. The van der Waals surface area contributed by atoms with Crippen LogP contribution in [0.2, 0.25) is 0 Å². The molecule has 2 amide bonds. The van der Waals surface area contributed by atoms with E-state index in [1.807, 2.05) is 24.3 Å². The van der Waals surface area contributed by atoms with Crippen LogP contribution in [0.4, 0.5) is 0 Å². The van der Waals surface area contributed by atoms with Crippen molar-refractivity contribution in [1.29, 1.82) is 0 Å². The molecule has 0 heterocycles. The third kappa shape index (κ3) is 8.19. The zero-order valence-electron chi connectivity index (χ0n) is 18.8. The molecule has 172 valence electrons. The van der Waals surface area contributed by atoms with Crippen molar-refractivity contribution in [2.45, 2.75) is 46.0 Å². The number of hydrogen-bond donors (Lipinski definition) is 3. The lowest BCUT2D eigenvalue weighted by molar-refractivity contribution is -0.123. The van der Waals surface area contributed by atoms with Gasteiger partial charge >= 0.3 is 0 Å². The first kappa shape index (κ1) is 25.1. The molecule has 8 heteroatoms. The Morgan fingerprint density at radius 1 is 0.938 bits per heavy atom. The van der Waals surface area contributed by atoms with Gasteiger partial charge in [-0.1, -0.05) is 63.9 Å². The topological polar surface area (TPSA) is 88.7 Å². The van der Waals surface area contributed by atoms with Gasteiger partial charge in [0.1, 0.15) is 11.5 Å². The van der Waals surface area contributed by atoms with Gasteiger partial charge in [-0.2, -0.15) is 0 Å². The molecule has 0 aliphatic heterocycles. The van der Waals surface area contributed by atoms with Crippen LogP contribution in [0.25, 0.3) is 0 Å². The van der Waals surface area contributed by atoms with Crippen molar-refractivity contribution in [3.8, 4) is 11.5 Å². The first-order valence-corrected chi connectivity index (χ1v) is 11.2. The molecule has 0 atom stereocenters. The summed E-state index contributed by atoms with van der Waals surface area (Å²) in [7, 11) is 0. The minimum atomic E-state index is -0.431. The summed E-state index contributed by atoms with van der Waals surface area (Å²) in [5.41, 5.74) is 6.32. The smallest absolute Gasteiger partial charge is 0.276 e. The number of benzene rings is 2. The van der Waals surface area contributed by atoms with E-state index in [1.54, 1.807) is 24.3 Å². The van der Waals surface area contributed by atoms with Gasteiger partial charge in [0, 0.05) is 0 Å². The second-order valence-corrected chi connectivity index (χ2v) is 7.90. The van der Waals surface area contributed by atoms with Crippen molar-refractivity contribution >= 4 is 29.1 Å². The highest BCUT2D eigenvalue weighted by Crippen LogP contribution is 2.25. The van der Waals surface area contributed by atoms with Crippen molar-refractivity contribution in [3.05, 3.63) is 59.7 Å². The molecule has 0 fully saturated rings. The van der Waals surface area contributed by atoms with Gasteiger partial charge in [-0.3, -0.25) is 25.8 Å². The number of hydrazine groups is 1. The Kier molecular flexibility index (Phi) is 10.5. The zero-order valence-corrected chi connectivity index (χ0v) is 19.6. The van der Waals surface area contributed by atoms with E-state index in [2.05, 4.69) is 36.9 Å². The molecule has 0 bridgehead atoms. The van der Waals surface area contributed by atoms with E-state index in [-0.39, 0.29) is 17.6 Å². The van der Waals surface area contributed by atoms with E-state index >= 15 is 0 Å². The van der Waals surface area contributed by atoms with Crippen molar-refractivity contribution in [1.82, 2.24) is 16.2 Å². The highest BCUT2D eigenvalue weighted by molar-refractivity contribution is 7.80. The summed E-state index contributed by atoms with van der Waals surface area (Å²) >= 11 is 5.11. The van der Waals surface area contributed by atoms with E-state index in [9.17, 15) is 9.59 Å². The lowest BCUT2D eigenvalue weighted by Crippen LogP contribution is -2.49. The minimum absolute atomic E-state index is 0.0354. The molecule has 32 heavy (non-hydrogen) atoms. The lowest BCUT2D eigenvalue weighted by atomic mass is 10.0. The minimum Gasteiger partial charge on any atom is -0.493 e. The number of amides is 2. The maximum Gasteiger partial charge on any atom is 0.276 e. The number of thiocarbonyl (C=S) groups is 1. The molecule has 7 nitrogen and oxygen atoms in total. The molecule has 0 saturated heterocycles. The van der Waals surface area contributed by atoms with Gasteiger partial charge in [0.2, 0.25) is 0 Å².